The average Bonchev–Trinajstić information content (AvgIpc) is 3.12. The molecule has 1 atom stereocenters. The Bertz CT molecular complexity index is 669. The Hall–Kier alpha value is -2.35. The van der Waals surface area contributed by atoms with Gasteiger partial charge in [-0.2, -0.15) is 0 Å². The molecule has 0 saturated carbocycles. The molecule has 1 aromatic rings. The molecule has 0 saturated heterocycles. The smallest absolute Gasteiger partial charge is 0.338 e. The third kappa shape index (κ3) is 5.59. The number of esters is 2. The minimum atomic E-state index is -0.518. The summed E-state index contributed by atoms with van der Waals surface area (Å²) < 4.78 is 10.3. The molecule has 2 heterocycles. The van der Waals surface area contributed by atoms with Crippen LogP contribution in [0.1, 0.15) is 38.0 Å². The van der Waals surface area contributed by atoms with Gasteiger partial charge in [0.1, 0.15) is 6.61 Å². The van der Waals surface area contributed by atoms with Crippen molar-refractivity contribution < 1.29 is 23.9 Å². The van der Waals surface area contributed by atoms with Crippen molar-refractivity contribution in [2.45, 2.75) is 45.6 Å². The summed E-state index contributed by atoms with van der Waals surface area (Å²) in [5.74, 6) is -0.881. The average molecular weight is 380 g/mol. The summed E-state index contributed by atoms with van der Waals surface area (Å²) >= 11 is 1.66. The maximum Gasteiger partial charge on any atom is 0.338 e. The zero-order valence-corrected chi connectivity index (χ0v) is 15.8. The molecule has 1 aliphatic heterocycles. The molecule has 0 aromatic carbocycles. The molecule has 0 fully saturated rings. The van der Waals surface area contributed by atoms with Crippen LogP contribution in [0.2, 0.25) is 0 Å². The van der Waals surface area contributed by atoms with Crippen LogP contribution in [0.3, 0.4) is 0 Å². The van der Waals surface area contributed by atoms with E-state index in [1.54, 1.807) is 18.3 Å². The molecule has 0 unspecified atom stereocenters. The molecule has 0 radical (unpaired) electrons. The summed E-state index contributed by atoms with van der Waals surface area (Å²) in [6, 6.07) is 3.12. The molecule has 0 aliphatic carbocycles. The summed E-state index contributed by atoms with van der Waals surface area (Å²) in [7, 11) is 0. The van der Waals surface area contributed by atoms with Crippen LogP contribution in [0.25, 0.3) is 0 Å². The highest BCUT2D eigenvalue weighted by atomic mass is 32.1. The van der Waals surface area contributed by atoms with Gasteiger partial charge in [-0.05, 0) is 37.6 Å². The first-order valence-corrected chi connectivity index (χ1v) is 9.58. The predicted molar refractivity (Wildman–Crippen MR) is 97.6 cm³/mol. The van der Waals surface area contributed by atoms with E-state index in [0.29, 0.717) is 18.4 Å². The minimum Gasteiger partial charge on any atom is -0.463 e. The Kier molecular flexibility index (Phi) is 7.65. The number of amides is 2. The lowest BCUT2D eigenvalue weighted by atomic mass is 10.0. The molecule has 0 bridgehead atoms. The Balaban J connectivity index is 1.94. The fourth-order valence-electron chi connectivity index (χ4n) is 2.66. The van der Waals surface area contributed by atoms with Crippen LogP contribution in [-0.4, -0.2) is 37.2 Å². The van der Waals surface area contributed by atoms with E-state index >= 15 is 0 Å². The number of thiophene rings is 1. The van der Waals surface area contributed by atoms with Crippen LogP contribution >= 0.6 is 11.3 Å². The SMILES string of the molecule is CCOC(=O)C1=C(COC(=O)CCCc2cccs2)NC(=O)N[C@@H]1CC. The molecule has 7 nitrogen and oxygen atoms in total. The predicted octanol–water partition coefficient (Wildman–Crippen LogP) is 2.52. The second-order valence-electron chi connectivity index (χ2n) is 5.77. The lowest BCUT2D eigenvalue weighted by Gasteiger charge is -2.28. The third-order valence-corrected chi connectivity index (χ3v) is 4.84. The second kappa shape index (κ2) is 9.96. The largest absolute Gasteiger partial charge is 0.463 e. The number of carbonyl (C=O) groups is 3. The van der Waals surface area contributed by atoms with Gasteiger partial charge in [-0.1, -0.05) is 13.0 Å². The van der Waals surface area contributed by atoms with Crippen molar-refractivity contribution in [3.63, 3.8) is 0 Å². The van der Waals surface area contributed by atoms with E-state index in [9.17, 15) is 14.4 Å². The fraction of sp³-hybridized carbons (Fsp3) is 0.500. The normalized spacial score (nSPS) is 16.7. The van der Waals surface area contributed by atoms with E-state index in [-0.39, 0.29) is 31.3 Å². The molecule has 2 amide bonds. The molecule has 1 aliphatic rings. The van der Waals surface area contributed by atoms with Gasteiger partial charge in [0.25, 0.3) is 0 Å². The zero-order valence-electron chi connectivity index (χ0n) is 15.0. The first-order valence-electron chi connectivity index (χ1n) is 8.70. The number of hydrogen-bond donors (Lipinski definition) is 2. The Morgan fingerprint density at radius 3 is 2.73 bits per heavy atom. The lowest BCUT2D eigenvalue weighted by molar-refractivity contribution is -0.143. The third-order valence-electron chi connectivity index (χ3n) is 3.91. The van der Waals surface area contributed by atoms with Gasteiger partial charge in [0.15, 0.2) is 0 Å². The van der Waals surface area contributed by atoms with Gasteiger partial charge >= 0.3 is 18.0 Å². The van der Waals surface area contributed by atoms with Crippen molar-refractivity contribution in [1.29, 1.82) is 0 Å². The van der Waals surface area contributed by atoms with Gasteiger partial charge < -0.3 is 20.1 Å². The van der Waals surface area contributed by atoms with E-state index < -0.39 is 18.0 Å². The second-order valence-corrected chi connectivity index (χ2v) is 6.80. The Labute approximate surface area is 156 Å². The van der Waals surface area contributed by atoms with E-state index in [1.807, 2.05) is 24.4 Å². The van der Waals surface area contributed by atoms with E-state index in [2.05, 4.69) is 10.6 Å². The monoisotopic (exact) mass is 380 g/mol. The zero-order chi connectivity index (χ0) is 18.9. The summed E-state index contributed by atoms with van der Waals surface area (Å²) in [5, 5.41) is 7.23. The van der Waals surface area contributed by atoms with Gasteiger partial charge in [0.05, 0.1) is 23.9 Å². The molecule has 2 N–H and O–H groups in total. The lowest BCUT2D eigenvalue weighted by Crippen LogP contribution is -2.51. The minimum absolute atomic E-state index is 0.157. The molecular formula is C18H24N2O5S. The highest BCUT2D eigenvalue weighted by Crippen LogP contribution is 2.18. The first kappa shape index (κ1) is 20.0. The van der Waals surface area contributed by atoms with Gasteiger partial charge in [-0.25, -0.2) is 9.59 Å². The standard InChI is InChI=1S/C18H24N2O5S/c1-3-13-16(17(22)24-4-2)14(20-18(23)19-13)11-25-15(21)9-5-7-12-8-6-10-26-12/h6,8,10,13H,3-5,7,9,11H2,1-2H3,(H2,19,20,23)/t13-/m1/s1. The summed E-state index contributed by atoms with van der Waals surface area (Å²) in [4.78, 5) is 37.2. The number of urea groups is 1. The van der Waals surface area contributed by atoms with Crippen LogP contribution in [0.15, 0.2) is 28.8 Å². The topological polar surface area (TPSA) is 93.7 Å². The van der Waals surface area contributed by atoms with Crippen molar-refractivity contribution >= 4 is 29.3 Å². The molecule has 26 heavy (non-hydrogen) atoms. The number of rotatable bonds is 9. The molecule has 0 spiro atoms. The van der Waals surface area contributed by atoms with Gasteiger partial charge in [-0.15, -0.1) is 11.3 Å². The summed E-state index contributed by atoms with van der Waals surface area (Å²) in [6.07, 6.45) is 2.32. The quantitative estimate of drug-likeness (QED) is 0.642. The van der Waals surface area contributed by atoms with Crippen molar-refractivity contribution in [3.05, 3.63) is 33.7 Å². The van der Waals surface area contributed by atoms with Crippen molar-refractivity contribution in [2.24, 2.45) is 0 Å². The van der Waals surface area contributed by atoms with E-state index in [0.717, 1.165) is 6.42 Å². The number of carbonyl (C=O) groups excluding carboxylic acids is 3. The van der Waals surface area contributed by atoms with Crippen LogP contribution in [0.5, 0.6) is 0 Å². The summed E-state index contributed by atoms with van der Waals surface area (Å²) in [6.45, 7) is 3.63. The molecular weight excluding hydrogens is 356 g/mol. The first-order chi connectivity index (χ1) is 12.5. The number of hydrogen-bond acceptors (Lipinski definition) is 6. The molecule has 2 rings (SSSR count). The van der Waals surface area contributed by atoms with Crippen LogP contribution < -0.4 is 10.6 Å². The van der Waals surface area contributed by atoms with Gasteiger partial charge in [-0.3, -0.25) is 4.79 Å². The summed E-state index contributed by atoms with van der Waals surface area (Å²) in [5.41, 5.74) is 0.589. The number of aryl methyl sites for hydroxylation is 1. The highest BCUT2D eigenvalue weighted by Gasteiger charge is 2.31. The van der Waals surface area contributed by atoms with E-state index in [1.165, 1.54) is 4.88 Å². The van der Waals surface area contributed by atoms with Crippen molar-refractivity contribution in [3.8, 4) is 0 Å². The van der Waals surface area contributed by atoms with Crippen molar-refractivity contribution in [1.82, 2.24) is 10.6 Å². The highest BCUT2D eigenvalue weighted by molar-refractivity contribution is 7.09. The maximum absolute atomic E-state index is 12.2. The molecule has 142 valence electrons. The van der Waals surface area contributed by atoms with Crippen LogP contribution in [0, 0.1) is 0 Å². The van der Waals surface area contributed by atoms with Crippen LogP contribution in [-0.2, 0) is 25.5 Å². The Morgan fingerprint density at radius 2 is 2.08 bits per heavy atom. The number of ether oxygens (including phenoxy) is 2. The van der Waals surface area contributed by atoms with E-state index in [4.69, 9.17) is 9.47 Å². The molecule has 8 heteroatoms. The van der Waals surface area contributed by atoms with Gasteiger partial charge in [0.2, 0.25) is 0 Å². The maximum atomic E-state index is 12.2. The van der Waals surface area contributed by atoms with Gasteiger partial charge in [0, 0.05) is 11.3 Å². The molecule has 1 aromatic heterocycles. The van der Waals surface area contributed by atoms with Crippen molar-refractivity contribution in [2.75, 3.05) is 13.2 Å². The fourth-order valence-corrected chi connectivity index (χ4v) is 3.41. The van der Waals surface area contributed by atoms with Crippen LogP contribution in [0.4, 0.5) is 4.79 Å². The Morgan fingerprint density at radius 1 is 1.27 bits per heavy atom. The number of nitrogens with one attached hydrogen (secondary N) is 2.